The zero-order chi connectivity index (χ0) is 15.5. The Labute approximate surface area is 128 Å². The van der Waals surface area contributed by atoms with Gasteiger partial charge in [0.25, 0.3) is 10.0 Å². The minimum atomic E-state index is -3.71. The van der Waals surface area contributed by atoms with Crippen molar-refractivity contribution in [2.75, 3.05) is 18.9 Å². The molecule has 2 aromatic rings. The molecule has 7 heteroatoms. The topological polar surface area (TPSA) is 64.6 Å². The monoisotopic (exact) mass is 327 g/mol. The fourth-order valence-corrected chi connectivity index (χ4v) is 3.02. The van der Waals surface area contributed by atoms with E-state index in [1.54, 1.807) is 24.3 Å². The summed E-state index contributed by atoms with van der Waals surface area (Å²) >= 11 is 6.02. The maximum Gasteiger partial charge on any atom is 0.261 e. The minimum Gasteiger partial charge on any atom is -0.497 e. The molecule has 0 heterocycles. The summed E-state index contributed by atoms with van der Waals surface area (Å²) in [5.74, 6) is 1.13. The lowest BCUT2D eigenvalue weighted by Gasteiger charge is -2.11. The first-order valence-corrected chi connectivity index (χ1v) is 7.83. The summed E-state index contributed by atoms with van der Waals surface area (Å²) in [6.45, 7) is 0. The number of hydrogen-bond donors (Lipinski definition) is 1. The number of anilines is 1. The van der Waals surface area contributed by atoms with Crippen molar-refractivity contribution in [2.45, 2.75) is 4.90 Å². The van der Waals surface area contributed by atoms with Gasteiger partial charge < -0.3 is 9.47 Å². The lowest BCUT2D eigenvalue weighted by Crippen LogP contribution is -2.13. The molecule has 0 aromatic heterocycles. The first kappa shape index (κ1) is 15.5. The Morgan fingerprint density at radius 2 is 1.52 bits per heavy atom. The first-order valence-electron chi connectivity index (χ1n) is 5.96. The molecule has 5 nitrogen and oxygen atoms in total. The van der Waals surface area contributed by atoms with E-state index >= 15 is 0 Å². The third-order valence-electron chi connectivity index (χ3n) is 2.79. The third kappa shape index (κ3) is 3.59. The summed E-state index contributed by atoms with van der Waals surface area (Å²) in [6.07, 6.45) is 0. The molecule has 0 radical (unpaired) electrons. The van der Waals surface area contributed by atoms with Crippen LogP contribution in [0.15, 0.2) is 47.4 Å². The van der Waals surface area contributed by atoms with Gasteiger partial charge in [0.1, 0.15) is 11.5 Å². The van der Waals surface area contributed by atoms with Crippen molar-refractivity contribution in [3.05, 3.63) is 47.5 Å². The van der Waals surface area contributed by atoms with Crippen molar-refractivity contribution in [1.29, 1.82) is 0 Å². The van der Waals surface area contributed by atoms with Gasteiger partial charge in [-0.2, -0.15) is 0 Å². The quantitative estimate of drug-likeness (QED) is 0.916. The highest BCUT2D eigenvalue weighted by Crippen LogP contribution is 2.28. The second-order valence-corrected chi connectivity index (χ2v) is 6.22. The standard InChI is InChI=1S/C14H14ClNO4S/c1-19-10-3-6-12(7-4-10)21(17,18)16-14-8-5-11(20-2)9-13(14)15/h3-9,16H,1-2H3. The summed E-state index contributed by atoms with van der Waals surface area (Å²) in [7, 11) is -0.692. The van der Waals surface area contributed by atoms with Crippen molar-refractivity contribution in [3.8, 4) is 11.5 Å². The number of rotatable bonds is 5. The van der Waals surface area contributed by atoms with E-state index in [0.29, 0.717) is 11.5 Å². The molecular formula is C14H14ClNO4S. The van der Waals surface area contributed by atoms with Crippen LogP contribution >= 0.6 is 11.6 Å². The van der Waals surface area contributed by atoms with E-state index in [9.17, 15) is 8.42 Å². The lowest BCUT2D eigenvalue weighted by molar-refractivity contribution is 0.414. The number of nitrogens with one attached hydrogen (secondary N) is 1. The molecule has 0 aliphatic heterocycles. The average Bonchev–Trinajstić information content (AvgIpc) is 2.49. The third-order valence-corrected chi connectivity index (χ3v) is 4.48. The number of benzene rings is 2. The SMILES string of the molecule is COc1ccc(S(=O)(=O)Nc2ccc(OC)cc2Cl)cc1. The highest BCUT2D eigenvalue weighted by Gasteiger charge is 2.16. The molecule has 21 heavy (non-hydrogen) atoms. The van der Waals surface area contributed by atoms with Gasteiger partial charge in [0.2, 0.25) is 0 Å². The number of methoxy groups -OCH3 is 2. The summed E-state index contributed by atoms with van der Waals surface area (Å²) in [5.41, 5.74) is 0.285. The molecule has 112 valence electrons. The fourth-order valence-electron chi connectivity index (χ4n) is 1.66. The maximum absolute atomic E-state index is 12.3. The molecule has 0 bridgehead atoms. The fraction of sp³-hybridized carbons (Fsp3) is 0.143. The van der Waals surface area contributed by atoms with E-state index in [0.717, 1.165) is 0 Å². The molecule has 0 amide bonds. The molecular weight excluding hydrogens is 314 g/mol. The Balaban J connectivity index is 2.28. The predicted molar refractivity (Wildman–Crippen MR) is 81.8 cm³/mol. The average molecular weight is 328 g/mol. The summed E-state index contributed by atoms with van der Waals surface area (Å²) in [6, 6.07) is 10.8. The Hall–Kier alpha value is -1.92. The Morgan fingerprint density at radius 1 is 0.952 bits per heavy atom. The number of hydrogen-bond acceptors (Lipinski definition) is 4. The minimum absolute atomic E-state index is 0.121. The molecule has 0 aliphatic rings. The Morgan fingerprint density at radius 3 is 2.05 bits per heavy atom. The van der Waals surface area contributed by atoms with Gasteiger partial charge in [-0.05, 0) is 36.4 Å². The van der Waals surface area contributed by atoms with E-state index in [-0.39, 0.29) is 15.6 Å². The molecule has 0 saturated heterocycles. The van der Waals surface area contributed by atoms with Crippen LogP contribution in [-0.2, 0) is 10.0 Å². The van der Waals surface area contributed by atoms with Crippen molar-refractivity contribution >= 4 is 27.3 Å². The van der Waals surface area contributed by atoms with Crippen LogP contribution in [0.25, 0.3) is 0 Å². The van der Waals surface area contributed by atoms with Gasteiger partial charge in [0.05, 0.1) is 29.8 Å². The molecule has 0 atom stereocenters. The van der Waals surface area contributed by atoms with E-state index in [1.807, 2.05) is 0 Å². The Kier molecular flexibility index (Phi) is 4.59. The van der Waals surface area contributed by atoms with Crippen LogP contribution in [0.1, 0.15) is 0 Å². The van der Waals surface area contributed by atoms with E-state index in [1.165, 1.54) is 32.4 Å². The number of sulfonamides is 1. The lowest BCUT2D eigenvalue weighted by atomic mass is 10.3. The van der Waals surface area contributed by atoms with Crippen LogP contribution in [0.4, 0.5) is 5.69 Å². The predicted octanol–water partition coefficient (Wildman–Crippen LogP) is 3.16. The summed E-state index contributed by atoms with van der Waals surface area (Å²) in [5, 5.41) is 0.256. The van der Waals surface area contributed by atoms with Crippen LogP contribution < -0.4 is 14.2 Å². The van der Waals surface area contributed by atoms with Crippen LogP contribution in [0.5, 0.6) is 11.5 Å². The zero-order valence-corrected chi connectivity index (χ0v) is 13.0. The summed E-state index contributed by atoms with van der Waals surface area (Å²) in [4.78, 5) is 0.121. The van der Waals surface area contributed by atoms with Crippen LogP contribution in [0.2, 0.25) is 5.02 Å². The van der Waals surface area contributed by atoms with Crippen molar-refractivity contribution in [1.82, 2.24) is 0 Å². The normalized spacial score (nSPS) is 11.0. The molecule has 0 spiro atoms. The van der Waals surface area contributed by atoms with E-state index in [2.05, 4.69) is 4.72 Å². The smallest absolute Gasteiger partial charge is 0.261 e. The highest BCUT2D eigenvalue weighted by atomic mass is 35.5. The number of halogens is 1. The van der Waals surface area contributed by atoms with Gasteiger partial charge in [-0.1, -0.05) is 11.6 Å². The van der Waals surface area contributed by atoms with Crippen LogP contribution in [-0.4, -0.2) is 22.6 Å². The molecule has 1 N–H and O–H groups in total. The van der Waals surface area contributed by atoms with Gasteiger partial charge in [-0.15, -0.1) is 0 Å². The van der Waals surface area contributed by atoms with E-state index < -0.39 is 10.0 Å². The van der Waals surface area contributed by atoms with Gasteiger partial charge in [-0.25, -0.2) is 8.42 Å². The van der Waals surface area contributed by atoms with Crippen LogP contribution in [0.3, 0.4) is 0 Å². The molecule has 0 fully saturated rings. The number of ether oxygens (including phenoxy) is 2. The van der Waals surface area contributed by atoms with Gasteiger partial charge in [0, 0.05) is 6.07 Å². The maximum atomic E-state index is 12.3. The van der Waals surface area contributed by atoms with Crippen molar-refractivity contribution in [2.24, 2.45) is 0 Å². The molecule has 2 aromatic carbocycles. The van der Waals surface area contributed by atoms with Crippen LogP contribution in [0, 0.1) is 0 Å². The first-order chi connectivity index (χ1) is 9.96. The van der Waals surface area contributed by atoms with Gasteiger partial charge in [0.15, 0.2) is 0 Å². The second kappa shape index (κ2) is 6.24. The van der Waals surface area contributed by atoms with E-state index in [4.69, 9.17) is 21.1 Å². The second-order valence-electron chi connectivity index (χ2n) is 4.13. The molecule has 0 unspecified atom stereocenters. The van der Waals surface area contributed by atoms with Gasteiger partial charge in [-0.3, -0.25) is 4.72 Å². The molecule has 0 saturated carbocycles. The zero-order valence-electron chi connectivity index (χ0n) is 11.5. The molecule has 0 aliphatic carbocycles. The van der Waals surface area contributed by atoms with Crippen molar-refractivity contribution in [3.63, 3.8) is 0 Å². The highest BCUT2D eigenvalue weighted by molar-refractivity contribution is 7.92. The van der Waals surface area contributed by atoms with Crippen molar-refractivity contribution < 1.29 is 17.9 Å². The largest absolute Gasteiger partial charge is 0.497 e. The van der Waals surface area contributed by atoms with Gasteiger partial charge >= 0.3 is 0 Å². The summed E-state index contributed by atoms with van der Waals surface area (Å²) < 4.78 is 37.0. The Bertz CT molecular complexity index is 729. The molecule has 2 rings (SSSR count).